The zero-order valence-corrected chi connectivity index (χ0v) is 20.0. The molecule has 0 heterocycles. The lowest BCUT2D eigenvalue weighted by Gasteiger charge is -2.61. The van der Waals surface area contributed by atoms with Crippen LogP contribution in [0.4, 0.5) is 0 Å². The maximum absolute atomic E-state index is 6.28. The van der Waals surface area contributed by atoms with E-state index in [0.717, 1.165) is 41.4 Å². The summed E-state index contributed by atoms with van der Waals surface area (Å²) in [6.07, 6.45) is 18.6. The molecule has 1 heteroatoms. The van der Waals surface area contributed by atoms with Crippen molar-refractivity contribution in [2.24, 2.45) is 57.7 Å². The van der Waals surface area contributed by atoms with Gasteiger partial charge in [0.2, 0.25) is 0 Å². The Hall–Kier alpha value is -0.300. The predicted octanol–water partition coefficient (Wildman–Crippen LogP) is 7.51. The Labute approximate surface area is 180 Å². The zero-order valence-electron chi connectivity index (χ0n) is 20.0. The van der Waals surface area contributed by atoms with Gasteiger partial charge in [-0.15, -0.1) is 0 Å². The molecule has 5 fully saturated rings. The van der Waals surface area contributed by atoms with Crippen molar-refractivity contribution in [3.63, 3.8) is 0 Å². The van der Waals surface area contributed by atoms with Gasteiger partial charge in [0.05, 0.1) is 6.10 Å². The van der Waals surface area contributed by atoms with E-state index in [-0.39, 0.29) is 0 Å². The van der Waals surface area contributed by atoms with Gasteiger partial charge < -0.3 is 4.74 Å². The van der Waals surface area contributed by atoms with Gasteiger partial charge in [-0.05, 0) is 110 Å². The summed E-state index contributed by atoms with van der Waals surface area (Å²) in [7, 11) is 2.02. The van der Waals surface area contributed by atoms with Gasteiger partial charge in [-0.2, -0.15) is 0 Å². The zero-order chi connectivity index (χ0) is 20.6. The van der Waals surface area contributed by atoms with Gasteiger partial charge in [0.1, 0.15) is 0 Å². The molecule has 1 nitrogen and oxygen atoms in total. The first-order valence-corrected chi connectivity index (χ1v) is 13.0. The van der Waals surface area contributed by atoms with Crippen LogP contribution in [0.1, 0.15) is 92.4 Å². The molecule has 0 unspecified atom stereocenters. The fraction of sp³-hybridized carbons (Fsp3) is 0.929. The van der Waals surface area contributed by atoms with Crippen molar-refractivity contribution in [2.45, 2.75) is 98.5 Å². The molecule has 0 bridgehead atoms. The van der Waals surface area contributed by atoms with Crippen molar-refractivity contribution in [1.82, 2.24) is 0 Å². The first-order valence-electron chi connectivity index (χ1n) is 13.0. The van der Waals surface area contributed by atoms with Crippen LogP contribution in [0, 0.1) is 57.7 Å². The largest absolute Gasteiger partial charge is 0.381 e. The maximum atomic E-state index is 6.28. The average molecular weight is 399 g/mol. The van der Waals surface area contributed by atoms with Crippen LogP contribution in [0.15, 0.2) is 12.2 Å². The third kappa shape index (κ3) is 2.68. The van der Waals surface area contributed by atoms with Crippen molar-refractivity contribution in [3.05, 3.63) is 12.2 Å². The summed E-state index contributed by atoms with van der Waals surface area (Å²) in [6.45, 7) is 12.6. The summed E-state index contributed by atoms with van der Waals surface area (Å²) in [5.74, 6) is 6.24. The third-order valence-electron chi connectivity index (χ3n) is 11.6. The average Bonchev–Trinajstić information content (AvgIpc) is 3.18. The molecule has 0 radical (unpaired) electrons. The Morgan fingerprint density at radius 3 is 2.48 bits per heavy atom. The number of allylic oxidation sites excluding steroid dienone is 2. The lowest BCUT2D eigenvalue weighted by Crippen LogP contribution is -2.57. The van der Waals surface area contributed by atoms with E-state index in [2.05, 4.69) is 46.8 Å². The van der Waals surface area contributed by atoms with Crippen molar-refractivity contribution >= 4 is 0 Å². The number of fused-ring (bicyclic) bond motifs is 4. The smallest absolute Gasteiger partial charge is 0.0638 e. The van der Waals surface area contributed by atoms with Crippen LogP contribution >= 0.6 is 0 Å². The number of hydrogen-bond acceptors (Lipinski definition) is 1. The molecule has 0 aromatic heterocycles. The van der Waals surface area contributed by atoms with Crippen LogP contribution in [-0.4, -0.2) is 13.2 Å². The summed E-state index contributed by atoms with van der Waals surface area (Å²) in [6, 6.07) is 0. The highest BCUT2D eigenvalue weighted by Crippen LogP contribution is 2.82. The van der Waals surface area contributed by atoms with E-state index in [1.807, 2.05) is 7.11 Å². The summed E-state index contributed by atoms with van der Waals surface area (Å²) < 4.78 is 6.28. The van der Waals surface area contributed by atoms with Crippen LogP contribution in [-0.2, 0) is 4.74 Å². The van der Waals surface area contributed by atoms with Gasteiger partial charge in [-0.25, -0.2) is 0 Å². The van der Waals surface area contributed by atoms with Crippen molar-refractivity contribution in [3.8, 4) is 0 Å². The Kier molecular flexibility index (Phi) is 4.86. The lowest BCUT2D eigenvalue weighted by atomic mass is 9.45. The quantitative estimate of drug-likeness (QED) is 0.435. The van der Waals surface area contributed by atoms with Gasteiger partial charge in [-0.1, -0.05) is 46.8 Å². The minimum absolute atomic E-state index is 0.547. The van der Waals surface area contributed by atoms with E-state index in [1.165, 1.54) is 57.8 Å². The lowest BCUT2D eigenvalue weighted by molar-refractivity contribution is -0.160. The highest BCUT2D eigenvalue weighted by atomic mass is 16.5. The van der Waals surface area contributed by atoms with Gasteiger partial charge in [0.15, 0.2) is 0 Å². The second kappa shape index (κ2) is 6.85. The van der Waals surface area contributed by atoms with Gasteiger partial charge >= 0.3 is 0 Å². The van der Waals surface area contributed by atoms with E-state index in [9.17, 15) is 0 Å². The molecule has 5 rings (SSSR count). The molecule has 0 saturated heterocycles. The van der Waals surface area contributed by atoms with Crippen LogP contribution in [0.5, 0.6) is 0 Å². The minimum atomic E-state index is 0.547. The first-order chi connectivity index (χ1) is 13.8. The second-order valence-corrected chi connectivity index (χ2v) is 12.9. The highest BCUT2D eigenvalue weighted by molar-refractivity contribution is 5.26. The van der Waals surface area contributed by atoms with E-state index in [4.69, 9.17) is 4.74 Å². The Morgan fingerprint density at radius 2 is 1.79 bits per heavy atom. The number of rotatable bonds is 5. The molecular formula is C28H46O. The molecule has 29 heavy (non-hydrogen) atoms. The normalized spacial score (nSPS) is 54.2. The van der Waals surface area contributed by atoms with Gasteiger partial charge in [-0.3, -0.25) is 0 Å². The summed E-state index contributed by atoms with van der Waals surface area (Å²) in [4.78, 5) is 0. The highest BCUT2D eigenvalue weighted by Gasteiger charge is 2.77. The summed E-state index contributed by atoms with van der Waals surface area (Å²) in [5, 5.41) is 0. The number of hydrogen-bond donors (Lipinski definition) is 0. The van der Waals surface area contributed by atoms with E-state index in [0.29, 0.717) is 22.3 Å². The van der Waals surface area contributed by atoms with Crippen molar-refractivity contribution < 1.29 is 4.74 Å². The standard InChI is InChI=1S/C28H46O/c1-18(2)8-7-9-19(3)22-10-11-23-21-16-25(29-6)28-17-20(28)12-15-27(28,5)24(21)13-14-26(22,23)4/h7,9,18-25H,8,10-17H2,1-6H3/b9-7+/t19-,20+,21+,22-,23+,24+,25-,26-,27-,28+/m1/s1. The van der Waals surface area contributed by atoms with Crippen LogP contribution < -0.4 is 0 Å². The fourth-order valence-corrected chi connectivity index (χ4v) is 10.2. The molecule has 0 aromatic carbocycles. The van der Waals surface area contributed by atoms with Crippen molar-refractivity contribution in [2.75, 3.05) is 7.11 Å². The van der Waals surface area contributed by atoms with Gasteiger partial charge in [0.25, 0.3) is 0 Å². The third-order valence-corrected chi connectivity index (χ3v) is 11.6. The molecule has 5 saturated carbocycles. The SMILES string of the molecule is CO[C@@H]1C[C@H]2[C@@H]3CC[C@H]([C@H](C)/C=C/CC(C)C)[C@@]3(C)CC[C@@H]2[C@@]2(C)CC[C@H]3C[C@]312. The molecule has 0 amide bonds. The van der Waals surface area contributed by atoms with E-state index >= 15 is 0 Å². The summed E-state index contributed by atoms with van der Waals surface area (Å²) in [5.41, 5.74) is 1.70. The van der Waals surface area contributed by atoms with E-state index < -0.39 is 0 Å². The second-order valence-electron chi connectivity index (χ2n) is 12.9. The van der Waals surface area contributed by atoms with Crippen LogP contribution in [0.3, 0.4) is 0 Å². The fourth-order valence-electron chi connectivity index (χ4n) is 10.2. The topological polar surface area (TPSA) is 9.23 Å². The molecule has 5 aliphatic carbocycles. The molecule has 0 aromatic rings. The molecule has 5 aliphatic rings. The maximum Gasteiger partial charge on any atom is 0.0638 e. The molecule has 0 N–H and O–H groups in total. The molecule has 1 spiro atoms. The molecular weight excluding hydrogens is 352 g/mol. The summed E-state index contributed by atoms with van der Waals surface area (Å²) >= 11 is 0. The van der Waals surface area contributed by atoms with Crippen LogP contribution in [0.2, 0.25) is 0 Å². The monoisotopic (exact) mass is 398 g/mol. The molecule has 0 aliphatic heterocycles. The molecule has 164 valence electrons. The van der Waals surface area contributed by atoms with E-state index in [1.54, 1.807) is 0 Å². The van der Waals surface area contributed by atoms with Crippen molar-refractivity contribution in [1.29, 1.82) is 0 Å². The minimum Gasteiger partial charge on any atom is -0.381 e. The Morgan fingerprint density at radius 1 is 1.00 bits per heavy atom. The van der Waals surface area contributed by atoms with Crippen LogP contribution in [0.25, 0.3) is 0 Å². The Bertz CT molecular complexity index is 665. The first kappa shape index (κ1) is 20.6. The number of methoxy groups -OCH3 is 1. The van der Waals surface area contributed by atoms with Gasteiger partial charge in [0, 0.05) is 12.5 Å². The predicted molar refractivity (Wildman–Crippen MR) is 122 cm³/mol. The Balaban J connectivity index is 1.39. The molecule has 10 atom stereocenters. The number of ether oxygens (including phenoxy) is 1.